The van der Waals surface area contributed by atoms with Gasteiger partial charge in [0, 0.05) is 12.8 Å². The predicted molar refractivity (Wildman–Crippen MR) is 324 cm³/mol. The highest BCUT2D eigenvalue weighted by Gasteiger charge is 2.20. The number of esters is 1. The van der Waals surface area contributed by atoms with Gasteiger partial charge in [0.1, 0.15) is 0 Å². The minimum atomic E-state index is -0.675. The number of ether oxygens (including phenoxy) is 1. The summed E-state index contributed by atoms with van der Waals surface area (Å²) in [5.74, 6) is -0.0493. The molecule has 0 saturated heterocycles. The number of allylic oxidation sites excluding steroid dienone is 2. The van der Waals surface area contributed by atoms with Crippen molar-refractivity contribution in [1.29, 1.82) is 0 Å². The van der Waals surface area contributed by atoms with Crippen molar-refractivity contribution in [2.75, 3.05) is 13.2 Å². The molecule has 74 heavy (non-hydrogen) atoms. The van der Waals surface area contributed by atoms with E-state index in [1.807, 2.05) is 0 Å². The summed E-state index contributed by atoms with van der Waals surface area (Å²) >= 11 is 0. The number of carbonyl (C=O) groups excluding carboxylic acids is 2. The SMILES string of the molecule is CCCCCCCCCCCCCCCCCCCCCCCCCCC(O)C(CO)NC(=O)CCCCCCCCC/C=C\CCCCCCOC(=O)CCCCCCCCCCCCCCCCCCCC. The Kier molecular flexibility index (Phi) is 62.9. The van der Waals surface area contributed by atoms with Crippen molar-refractivity contribution in [3.63, 3.8) is 0 Å². The van der Waals surface area contributed by atoms with Crippen LogP contribution in [0, 0.1) is 0 Å². The van der Waals surface area contributed by atoms with Crippen LogP contribution in [0.15, 0.2) is 12.2 Å². The number of carbonyl (C=O) groups is 2. The third-order valence-electron chi connectivity index (χ3n) is 16.1. The van der Waals surface area contributed by atoms with E-state index < -0.39 is 12.1 Å². The van der Waals surface area contributed by atoms with E-state index in [0.29, 0.717) is 25.9 Å². The van der Waals surface area contributed by atoms with Gasteiger partial charge in [-0.2, -0.15) is 0 Å². The van der Waals surface area contributed by atoms with Crippen molar-refractivity contribution in [2.45, 2.75) is 398 Å². The lowest BCUT2D eigenvalue weighted by atomic mass is 10.0. The van der Waals surface area contributed by atoms with E-state index >= 15 is 0 Å². The van der Waals surface area contributed by atoms with Gasteiger partial charge in [0.05, 0.1) is 25.4 Å². The van der Waals surface area contributed by atoms with E-state index in [1.165, 1.54) is 283 Å². The van der Waals surface area contributed by atoms with Gasteiger partial charge in [-0.1, -0.05) is 334 Å². The zero-order valence-corrected chi connectivity index (χ0v) is 50.4. The fraction of sp³-hybridized carbons (Fsp3) is 0.941. The maximum absolute atomic E-state index is 12.5. The van der Waals surface area contributed by atoms with E-state index in [-0.39, 0.29) is 18.5 Å². The van der Waals surface area contributed by atoms with Gasteiger partial charge in [-0.25, -0.2) is 0 Å². The standard InChI is InChI=1S/C68H133NO5/c1-3-5-7-9-11-13-15-17-19-21-23-24-25-26-27-28-29-32-36-40-44-48-52-56-60-66(71)65(64-70)69-67(72)61-57-53-49-45-41-37-33-31-35-39-43-47-51-55-59-63-74-68(73)62-58-54-50-46-42-38-34-30-22-20-18-16-14-12-10-8-6-4-2/h35,39,65-66,70-71H,3-34,36-38,40-64H2,1-2H3,(H,69,72)/b39-35-. The Morgan fingerprint density at radius 3 is 0.959 bits per heavy atom. The fourth-order valence-electron chi connectivity index (χ4n) is 10.9. The van der Waals surface area contributed by atoms with Crippen molar-refractivity contribution in [3.8, 4) is 0 Å². The predicted octanol–water partition coefficient (Wildman–Crippen LogP) is 21.6. The van der Waals surface area contributed by atoms with Crippen LogP contribution in [0.4, 0.5) is 0 Å². The van der Waals surface area contributed by atoms with Crippen LogP contribution in [0.2, 0.25) is 0 Å². The Bertz CT molecular complexity index is 1110. The normalized spacial score (nSPS) is 12.5. The van der Waals surface area contributed by atoms with Crippen molar-refractivity contribution in [2.24, 2.45) is 0 Å². The van der Waals surface area contributed by atoms with E-state index in [4.69, 9.17) is 4.74 Å². The molecule has 0 aliphatic rings. The third kappa shape index (κ3) is 59.8. The molecule has 440 valence electrons. The first-order valence-electron chi connectivity index (χ1n) is 33.9. The van der Waals surface area contributed by atoms with Crippen LogP contribution in [0.3, 0.4) is 0 Å². The molecule has 0 aromatic carbocycles. The summed E-state index contributed by atoms with van der Waals surface area (Å²) in [4.78, 5) is 24.6. The van der Waals surface area contributed by atoms with Crippen LogP contribution >= 0.6 is 0 Å². The highest BCUT2D eigenvalue weighted by atomic mass is 16.5. The molecule has 2 atom stereocenters. The van der Waals surface area contributed by atoms with Crippen LogP contribution in [-0.2, 0) is 14.3 Å². The molecular weight excluding hydrogens is 911 g/mol. The summed E-state index contributed by atoms with van der Waals surface area (Å²) in [6, 6.07) is -0.554. The molecule has 0 aromatic rings. The molecule has 3 N–H and O–H groups in total. The molecule has 0 saturated carbocycles. The molecule has 0 heterocycles. The van der Waals surface area contributed by atoms with Crippen LogP contribution in [-0.4, -0.2) is 47.4 Å². The second-order valence-corrected chi connectivity index (χ2v) is 23.5. The first-order chi connectivity index (χ1) is 36.5. The Hall–Kier alpha value is -1.40. The molecule has 0 spiro atoms. The van der Waals surface area contributed by atoms with Crippen LogP contribution in [0.25, 0.3) is 0 Å². The lowest BCUT2D eigenvalue weighted by molar-refractivity contribution is -0.143. The van der Waals surface area contributed by atoms with Crippen LogP contribution in [0.5, 0.6) is 0 Å². The second-order valence-electron chi connectivity index (χ2n) is 23.5. The molecule has 0 aliphatic heterocycles. The Labute approximate surface area is 463 Å². The van der Waals surface area contributed by atoms with Gasteiger partial charge >= 0.3 is 5.97 Å². The molecule has 0 aromatic heterocycles. The van der Waals surface area contributed by atoms with Gasteiger partial charge in [0.2, 0.25) is 5.91 Å². The molecule has 0 radical (unpaired) electrons. The summed E-state index contributed by atoms with van der Waals surface area (Å²) < 4.78 is 5.49. The minimum Gasteiger partial charge on any atom is -0.466 e. The Morgan fingerprint density at radius 2 is 0.635 bits per heavy atom. The molecule has 1 amide bonds. The largest absolute Gasteiger partial charge is 0.466 e. The summed E-state index contributed by atoms with van der Waals surface area (Å²) in [6.07, 6.45) is 78.1. The number of hydrogen-bond acceptors (Lipinski definition) is 5. The molecule has 2 unspecified atom stereocenters. The van der Waals surface area contributed by atoms with Crippen LogP contribution in [0.1, 0.15) is 386 Å². The smallest absolute Gasteiger partial charge is 0.305 e. The molecular formula is C68H133NO5. The summed E-state index contributed by atoms with van der Waals surface area (Å²) in [7, 11) is 0. The highest BCUT2D eigenvalue weighted by Crippen LogP contribution is 2.19. The number of aliphatic hydroxyl groups is 2. The molecule has 0 aliphatic carbocycles. The van der Waals surface area contributed by atoms with Crippen molar-refractivity contribution in [3.05, 3.63) is 12.2 Å². The number of hydrogen-bond donors (Lipinski definition) is 3. The van der Waals surface area contributed by atoms with Gasteiger partial charge in [-0.05, 0) is 51.4 Å². The Balaban J connectivity index is 3.43. The first-order valence-corrected chi connectivity index (χ1v) is 33.9. The van der Waals surface area contributed by atoms with Gasteiger partial charge in [-0.3, -0.25) is 9.59 Å². The number of aliphatic hydroxyl groups excluding tert-OH is 2. The average Bonchev–Trinajstić information content (AvgIpc) is 3.40. The van der Waals surface area contributed by atoms with Gasteiger partial charge in [0.15, 0.2) is 0 Å². The zero-order chi connectivity index (χ0) is 53.6. The number of rotatable bonds is 64. The first kappa shape index (κ1) is 72.6. The molecule has 0 bridgehead atoms. The molecule has 6 nitrogen and oxygen atoms in total. The number of nitrogens with one attached hydrogen (secondary N) is 1. The third-order valence-corrected chi connectivity index (χ3v) is 16.1. The number of amides is 1. The maximum atomic E-state index is 12.5. The summed E-state index contributed by atoms with van der Waals surface area (Å²) in [5, 5.41) is 23.4. The van der Waals surface area contributed by atoms with E-state index in [0.717, 1.165) is 70.6 Å². The monoisotopic (exact) mass is 1040 g/mol. The van der Waals surface area contributed by atoms with E-state index in [9.17, 15) is 19.8 Å². The molecule has 0 fully saturated rings. The van der Waals surface area contributed by atoms with Crippen molar-refractivity contribution >= 4 is 11.9 Å². The van der Waals surface area contributed by atoms with Gasteiger partial charge in [-0.15, -0.1) is 0 Å². The second kappa shape index (κ2) is 64.1. The molecule has 0 rings (SSSR count). The topological polar surface area (TPSA) is 95.9 Å². The molecule has 6 heteroatoms. The zero-order valence-electron chi connectivity index (χ0n) is 50.4. The lowest BCUT2D eigenvalue weighted by Crippen LogP contribution is -2.45. The van der Waals surface area contributed by atoms with E-state index in [1.54, 1.807) is 0 Å². The highest BCUT2D eigenvalue weighted by molar-refractivity contribution is 5.76. The van der Waals surface area contributed by atoms with Crippen molar-refractivity contribution < 1.29 is 24.5 Å². The summed E-state index contributed by atoms with van der Waals surface area (Å²) in [6.45, 7) is 4.96. The quantitative estimate of drug-likeness (QED) is 0.0320. The van der Waals surface area contributed by atoms with Crippen LogP contribution < -0.4 is 5.32 Å². The van der Waals surface area contributed by atoms with Gasteiger partial charge < -0.3 is 20.3 Å². The Morgan fingerprint density at radius 1 is 0.365 bits per heavy atom. The average molecular weight is 1040 g/mol. The van der Waals surface area contributed by atoms with E-state index in [2.05, 4.69) is 31.3 Å². The lowest BCUT2D eigenvalue weighted by Gasteiger charge is -2.22. The van der Waals surface area contributed by atoms with Crippen molar-refractivity contribution in [1.82, 2.24) is 5.32 Å². The maximum Gasteiger partial charge on any atom is 0.305 e. The summed E-state index contributed by atoms with van der Waals surface area (Å²) in [5.41, 5.74) is 0. The number of unbranched alkanes of at least 4 members (excludes halogenated alkanes) is 51. The van der Waals surface area contributed by atoms with Gasteiger partial charge in [0.25, 0.3) is 0 Å². The fourth-order valence-corrected chi connectivity index (χ4v) is 10.9. The minimum absolute atomic E-state index is 0.00417.